The lowest BCUT2D eigenvalue weighted by Crippen LogP contribution is -2.47. The van der Waals surface area contributed by atoms with Crippen LogP contribution in [0, 0.1) is 11.8 Å². The van der Waals surface area contributed by atoms with Crippen molar-refractivity contribution < 1.29 is 14.3 Å². The van der Waals surface area contributed by atoms with Crippen molar-refractivity contribution in [3.8, 4) is 0 Å². The van der Waals surface area contributed by atoms with E-state index in [0.29, 0.717) is 18.8 Å². The highest BCUT2D eigenvalue weighted by Gasteiger charge is 2.30. The number of carbonyl (C=O) groups excluding carboxylic acids is 1. The fourth-order valence-corrected chi connectivity index (χ4v) is 6.36. The largest absolute Gasteiger partial charge is 0.384 e. The predicted octanol–water partition coefficient (Wildman–Crippen LogP) is 4.36. The van der Waals surface area contributed by atoms with Crippen LogP contribution in [0.4, 0.5) is 5.82 Å². The number of hydrogen-bond donors (Lipinski definition) is 1. The monoisotopic (exact) mass is 543 g/mol. The van der Waals surface area contributed by atoms with E-state index in [2.05, 4.69) is 42.0 Å². The van der Waals surface area contributed by atoms with E-state index in [1.54, 1.807) is 14.2 Å². The molecule has 0 unspecified atom stereocenters. The van der Waals surface area contributed by atoms with E-state index in [9.17, 15) is 4.79 Å². The maximum Gasteiger partial charge on any atom is 0.223 e. The van der Waals surface area contributed by atoms with Gasteiger partial charge < -0.3 is 19.7 Å². The summed E-state index contributed by atoms with van der Waals surface area (Å²) in [5, 5.41) is 3.38. The zero-order valence-corrected chi connectivity index (χ0v) is 25.2. The first kappa shape index (κ1) is 30.2. The molecule has 0 radical (unpaired) electrons. The molecule has 2 heterocycles. The zero-order chi connectivity index (χ0) is 27.8. The molecule has 1 aromatic rings. The van der Waals surface area contributed by atoms with Crippen molar-refractivity contribution in [3.63, 3.8) is 0 Å². The molecule has 0 aromatic carbocycles. The highest BCUT2D eigenvalue weighted by atomic mass is 16.5. The summed E-state index contributed by atoms with van der Waals surface area (Å²) in [4.78, 5) is 27.6. The Morgan fingerprint density at radius 3 is 2.28 bits per heavy atom. The number of piperazine rings is 1. The summed E-state index contributed by atoms with van der Waals surface area (Å²) in [5.74, 6) is 3.24. The Morgan fingerprint density at radius 1 is 0.974 bits per heavy atom. The van der Waals surface area contributed by atoms with E-state index in [0.717, 1.165) is 94.4 Å². The van der Waals surface area contributed by atoms with Gasteiger partial charge in [0.2, 0.25) is 5.91 Å². The zero-order valence-electron chi connectivity index (χ0n) is 25.2. The molecular formula is C31H53N5O3. The number of hydrogen-bond acceptors (Lipinski definition) is 7. The van der Waals surface area contributed by atoms with Crippen molar-refractivity contribution in [1.29, 1.82) is 0 Å². The Hall–Kier alpha value is -1.77. The van der Waals surface area contributed by atoms with Crippen molar-refractivity contribution in [2.45, 2.75) is 103 Å². The van der Waals surface area contributed by atoms with Gasteiger partial charge in [0, 0.05) is 76.0 Å². The molecule has 1 saturated heterocycles. The summed E-state index contributed by atoms with van der Waals surface area (Å²) in [7, 11) is 3.53. The number of nitrogens with zero attached hydrogens (tertiary/aromatic N) is 4. The summed E-state index contributed by atoms with van der Waals surface area (Å²) < 4.78 is 10.8. The summed E-state index contributed by atoms with van der Waals surface area (Å²) in [5.41, 5.74) is 0.991. The van der Waals surface area contributed by atoms with E-state index in [4.69, 9.17) is 19.4 Å². The standard InChI is InChI=1S/C31H53N5O3/c1-31(2,3)30-33-26(15-21-38-4)22-28(34-30)36-19-17-35(18-20-36)16-14-23-6-10-25(11-7-23)32-29(37)24-8-12-27(39-5)13-9-24/h22-25,27H,6-21H2,1-5H3,(H,32,37)/t23-,24-,25-,27-. The van der Waals surface area contributed by atoms with Gasteiger partial charge in [0.15, 0.2) is 0 Å². The van der Waals surface area contributed by atoms with Gasteiger partial charge in [0.1, 0.15) is 11.6 Å². The van der Waals surface area contributed by atoms with Crippen LogP contribution in [-0.4, -0.2) is 86.5 Å². The Kier molecular flexibility index (Phi) is 11.0. The minimum Gasteiger partial charge on any atom is -0.384 e. The number of rotatable bonds is 10. The fourth-order valence-electron chi connectivity index (χ4n) is 6.36. The number of aromatic nitrogens is 2. The number of carbonyl (C=O) groups is 1. The van der Waals surface area contributed by atoms with Crippen molar-refractivity contribution >= 4 is 11.7 Å². The molecule has 39 heavy (non-hydrogen) atoms. The minimum atomic E-state index is -0.0783. The Morgan fingerprint density at radius 2 is 1.67 bits per heavy atom. The number of amides is 1. The second kappa shape index (κ2) is 14.2. The van der Waals surface area contributed by atoms with Crippen LogP contribution in [0.3, 0.4) is 0 Å². The van der Waals surface area contributed by atoms with Gasteiger partial charge >= 0.3 is 0 Å². The van der Waals surface area contributed by atoms with Crippen LogP contribution in [0.1, 0.15) is 90.1 Å². The number of nitrogens with one attached hydrogen (secondary N) is 1. The minimum absolute atomic E-state index is 0.0783. The van der Waals surface area contributed by atoms with Crippen molar-refractivity contribution in [3.05, 3.63) is 17.6 Å². The third-order valence-electron chi connectivity index (χ3n) is 9.12. The highest BCUT2D eigenvalue weighted by molar-refractivity contribution is 5.79. The summed E-state index contributed by atoms with van der Waals surface area (Å²) in [6.45, 7) is 12.6. The molecule has 4 rings (SSSR count). The molecule has 0 atom stereocenters. The fraction of sp³-hybridized carbons (Fsp3) is 0.839. The molecule has 1 amide bonds. The molecule has 1 aromatic heterocycles. The lowest BCUT2D eigenvalue weighted by molar-refractivity contribution is -0.127. The second-order valence-corrected chi connectivity index (χ2v) is 13.1. The normalized spacial score (nSPS) is 26.9. The van der Waals surface area contributed by atoms with Crippen LogP contribution in [0.25, 0.3) is 0 Å². The van der Waals surface area contributed by atoms with Gasteiger partial charge in [-0.2, -0.15) is 0 Å². The van der Waals surface area contributed by atoms with E-state index >= 15 is 0 Å². The Bertz CT molecular complexity index is 896. The first-order valence-corrected chi connectivity index (χ1v) is 15.4. The topological polar surface area (TPSA) is 79.8 Å². The molecule has 3 aliphatic rings. The van der Waals surface area contributed by atoms with E-state index in [-0.39, 0.29) is 17.2 Å². The van der Waals surface area contributed by atoms with Crippen LogP contribution in [0.5, 0.6) is 0 Å². The van der Waals surface area contributed by atoms with Crippen LogP contribution in [-0.2, 0) is 26.1 Å². The Labute approximate surface area is 236 Å². The van der Waals surface area contributed by atoms with Gasteiger partial charge in [-0.3, -0.25) is 9.69 Å². The quantitative estimate of drug-likeness (QED) is 0.470. The summed E-state index contributed by atoms with van der Waals surface area (Å²) >= 11 is 0. The van der Waals surface area contributed by atoms with Crippen LogP contribution < -0.4 is 10.2 Å². The molecule has 8 nitrogen and oxygen atoms in total. The average Bonchev–Trinajstić information content (AvgIpc) is 2.95. The Balaban J connectivity index is 1.17. The molecule has 1 aliphatic heterocycles. The van der Waals surface area contributed by atoms with E-state index in [1.807, 2.05) is 0 Å². The molecule has 2 saturated carbocycles. The van der Waals surface area contributed by atoms with Gasteiger partial charge in [-0.15, -0.1) is 0 Å². The molecular weight excluding hydrogens is 490 g/mol. The molecule has 2 aliphatic carbocycles. The molecule has 1 N–H and O–H groups in total. The van der Waals surface area contributed by atoms with Crippen molar-refractivity contribution in [2.24, 2.45) is 11.8 Å². The van der Waals surface area contributed by atoms with Crippen LogP contribution >= 0.6 is 0 Å². The van der Waals surface area contributed by atoms with Gasteiger partial charge in [-0.1, -0.05) is 20.8 Å². The van der Waals surface area contributed by atoms with Crippen LogP contribution in [0.2, 0.25) is 0 Å². The first-order chi connectivity index (χ1) is 18.7. The maximum atomic E-state index is 12.8. The van der Waals surface area contributed by atoms with Gasteiger partial charge in [-0.05, 0) is 70.3 Å². The number of methoxy groups -OCH3 is 2. The summed E-state index contributed by atoms with van der Waals surface area (Å²) in [6.07, 6.45) is 11.1. The number of ether oxygens (including phenoxy) is 2. The molecule has 3 fully saturated rings. The first-order valence-electron chi connectivity index (χ1n) is 15.4. The predicted molar refractivity (Wildman–Crippen MR) is 156 cm³/mol. The number of anilines is 1. The third-order valence-corrected chi connectivity index (χ3v) is 9.12. The summed E-state index contributed by atoms with van der Waals surface area (Å²) in [6, 6.07) is 2.53. The lowest BCUT2D eigenvalue weighted by Gasteiger charge is -2.37. The highest BCUT2D eigenvalue weighted by Crippen LogP contribution is 2.30. The second-order valence-electron chi connectivity index (χ2n) is 13.1. The van der Waals surface area contributed by atoms with Gasteiger partial charge in [0.25, 0.3) is 0 Å². The maximum absolute atomic E-state index is 12.8. The third kappa shape index (κ3) is 8.86. The van der Waals surface area contributed by atoms with E-state index < -0.39 is 0 Å². The average molecular weight is 544 g/mol. The van der Waals surface area contributed by atoms with Gasteiger partial charge in [0.05, 0.1) is 12.7 Å². The molecule has 220 valence electrons. The smallest absolute Gasteiger partial charge is 0.223 e. The molecule has 0 bridgehead atoms. The SMILES string of the molecule is COCCc1cc(N2CCN(CC[C@H]3CC[C@H](NC(=O)[C@H]4CC[C@H](OC)CC4)CC3)CC2)nc(C(C)(C)C)n1. The molecule has 0 spiro atoms. The molecule has 8 heteroatoms. The van der Waals surface area contributed by atoms with Crippen molar-refractivity contribution in [1.82, 2.24) is 20.2 Å². The van der Waals surface area contributed by atoms with Crippen LogP contribution in [0.15, 0.2) is 6.07 Å². The van der Waals surface area contributed by atoms with Crippen molar-refractivity contribution in [2.75, 3.05) is 58.5 Å². The lowest BCUT2D eigenvalue weighted by atomic mass is 9.83. The van der Waals surface area contributed by atoms with E-state index in [1.165, 1.54) is 25.8 Å². The van der Waals surface area contributed by atoms with Gasteiger partial charge in [-0.25, -0.2) is 9.97 Å².